The Morgan fingerprint density at radius 2 is 1.35 bits per heavy atom. The Labute approximate surface area is 100 Å². The number of benzene rings is 2. The Bertz CT molecular complexity index is 686. The number of fused-ring (bicyclic) bond motifs is 2. The van der Waals surface area contributed by atoms with Crippen LogP contribution in [-0.4, -0.2) is 13.7 Å². The summed E-state index contributed by atoms with van der Waals surface area (Å²) >= 11 is -2.02. The quantitative estimate of drug-likeness (QED) is 0.528. The molecule has 0 aliphatic carbocycles. The van der Waals surface area contributed by atoms with E-state index in [1.165, 1.54) is 0 Å². The van der Waals surface area contributed by atoms with Crippen LogP contribution in [-0.2, 0) is 11.1 Å². The number of nitrogens with zero attached hydrogens (tertiary/aromatic N) is 1. The Hall–Kier alpha value is -1.78. The van der Waals surface area contributed by atoms with Crippen molar-refractivity contribution in [3.63, 3.8) is 0 Å². The van der Waals surface area contributed by atoms with Gasteiger partial charge in [-0.3, -0.25) is 0 Å². The Kier molecular flexibility index (Phi) is 2.39. The third-order valence-corrected chi connectivity index (χ3v) is 3.50. The predicted octanol–water partition coefficient (Wildman–Crippen LogP) is 2.97. The average Bonchev–Trinajstić information content (AvgIpc) is 2.35. The maximum absolute atomic E-state index is 11.5. The van der Waals surface area contributed by atoms with Crippen molar-refractivity contribution in [1.82, 2.24) is 4.98 Å². The van der Waals surface area contributed by atoms with Crippen LogP contribution in [0, 0.1) is 0 Å². The number of hydrogen-bond acceptors (Lipinski definition) is 2. The van der Waals surface area contributed by atoms with Crippen LogP contribution in [0.15, 0.2) is 53.4 Å². The second-order valence-electron chi connectivity index (χ2n) is 3.72. The molecule has 0 saturated carbocycles. The molecule has 0 spiro atoms. The molecule has 3 aromatic rings. The molecule has 3 rings (SSSR count). The molecule has 1 aromatic heterocycles. The zero-order chi connectivity index (χ0) is 11.8. The summed E-state index contributed by atoms with van der Waals surface area (Å²) in [5.74, 6) is 0. The smallest absolute Gasteiger partial charge is 0.187 e. The molecule has 2 aromatic carbocycles. The molecule has 1 heterocycles. The molecular formula is C13H9NO2S. The second kappa shape index (κ2) is 3.91. The maximum Gasteiger partial charge on any atom is 0.187 e. The fraction of sp³-hybridized carbons (Fsp3) is 0. The molecule has 1 unspecified atom stereocenters. The fourth-order valence-electron chi connectivity index (χ4n) is 1.99. The van der Waals surface area contributed by atoms with Crippen molar-refractivity contribution < 1.29 is 8.76 Å². The van der Waals surface area contributed by atoms with Gasteiger partial charge in [-0.05, 0) is 12.1 Å². The van der Waals surface area contributed by atoms with Gasteiger partial charge in [-0.1, -0.05) is 36.4 Å². The third-order valence-electron chi connectivity index (χ3n) is 2.71. The lowest BCUT2D eigenvalue weighted by molar-refractivity contribution is 0.566. The number of rotatable bonds is 1. The summed E-state index contributed by atoms with van der Waals surface area (Å²) in [5.41, 5.74) is 1.48. The van der Waals surface area contributed by atoms with Crippen LogP contribution in [0.5, 0.6) is 0 Å². The first kappa shape index (κ1) is 10.4. The third kappa shape index (κ3) is 1.62. The first-order chi connectivity index (χ1) is 8.27. The van der Waals surface area contributed by atoms with Crippen molar-refractivity contribution >= 4 is 32.9 Å². The summed E-state index contributed by atoms with van der Waals surface area (Å²) in [6.07, 6.45) is 0. The number of pyridine rings is 1. The van der Waals surface area contributed by atoms with Crippen LogP contribution in [0.1, 0.15) is 0 Å². The number of aromatic nitrogens is 1. The minimum atomic E-state index is -2.02. The van der Waals surface area contributed by atoms with Crippen molar-refractivity contribution in [1.29, 1.82) is 0 Å². The van der Waals surface area contributed by atoms with Crippen LogP contribution in [0.25, 0.3) is 21.8 Å². The van der Waals surface area contributed by atoms with Gasteiger partial charge in [0.15, 0.2) is 11.1 Å². The van der Waals surface area contributed by atoms with Crippen LogP contribution >= 0.6 is 0 Å². The van der Waals surface area contributed by atoms with Gasteiger partial charge < -0.3 is 4.55 Å². The summed E-state index contributed by atoms with van der Waals surface area (Å²) in [5, 5.41) is 1.46. The van der Waals surface area contributed by atoms with Gasteiger partial charge in [-0.2, -0.15) is 0 Å². The molecule has 0 fully saturated rings. The van der Waals surface area contributed by atoms with E-state index in [-0.39, 0.29) is 0 Å². The summed E-state index contributed by atoms with van der Waals surface area (Å²) in [7, 11) is 0. The maximum atomic E-state index is 11.5. The largest absolute Gasteiger partial charge is 0.302 e. The molecule has 1 N–H and O–H groups in total. The van der Waals surface area contributed by atoms with E-state index in [1.54, 1.807) is 0 Å². The molecule has 0 radical (unpaired) electrons. The summed E-state index contributed by atoms with van der Waals surface area (Å²) in [4.78, 5) is 4.91. The lowest BCUT2D eigenvalue weighted by atomic mass is 10.1. The molecule has 4 heteroatoms. The summed E-state index contributed by atoms with van der Waals surface area (Å²) in [6.45, 7) is 0. The van der Waals surface area contributed by atoms with Crippen molar-refractivity contribution in [2.45, 2.75) is 4.90 Å². The van der Waals surface area contributed by atoms with E-state index in [9.17, 15) is 8.76 Å². The van der Waals surface area contributed by atoms with E-state index in [2.05, 4.69) is 4.98 Å². The highest BCUT2D eigenvalue weighted by molar-refractivity contribution is 7.79. The van der Waals surface area contributed by atoms with Crippen molar-refractivity contribution in [2.75, 3.05) is 0 Å². The van der Waals surface area contributed by atoms with E-state index in [1.807, 2.05) is 48.5 Å². The lowest BCUT2D eigenvalue weighted by Gasteiger charge is -2.06. The topological polar surface area (TPSA) is 50.2 Å². The SMILES string of the molecule is O=S(O)c1c2ccccc2nc2ccccc12. The first-order valence-corrected chi connectivity index (χ1v) is 6.26. The molecule has 17 heavy (non-hydrogen) atoms. The van der Waals surface area contributed by atoms with E-state index in [0.29, 0.717) is 4.90 Å². The van der Waals surface area contributed by atoms with Crippen LogP contribution in [0.4, 0.5) is 0 Å². The van der Waals surface area contributed by atoms with Crippen LogP contribution < -0.4 is 0 Å². The zero-order valence-electron chi connectivity index (χ0n) is 8.83. The van der Waals surface area contributed by atoms with Crippen LogP contribution in [0.3, 0.4) is 0 Å². The van der Waals surface area contributed by atoms with Gasteiger partial charge in [-0.25, -0.2) is 9.19 Å². The van der Waals surface area contributed by atoms with Crippen molar-refractivity contribution in [2.24, 2.45) is 0 Å². The Morgan fingerprint density at radius 1 is 0.882 bits per heavy atom. The van der Waals surface area contributed by atoms with Gasteiger partial charge in [0.05, 0.1) is 15.9 Å². The minimum absolute atomic E-state index is 0.436. The molecule has 0 amide bonds. The van der Waals surface area contributed by atoms with Gasteiger partial charge in [0.2, 0.25) is 0 Å². The van der Waals surface area contributed by atoms with Gasteiger partial charge >= 0.3 is 0 Å². The standard InChI is InChI=1S/C13H9NO2S/c15-17(16)13-9-5-1-3-7-11(9)14-12-8-4-2-6-10(12)13/h1-8H,(H,15,16). The highest BCUT2D eigenvalue weighted by atomic mass is 32.2. The average molecular weight is 243 g/mol. The van der Waals surface area contributed by atoms with Gasteiger partial charge in [0.25, 0.3) is 0 Å². The Morgan fingerprint density at radius 3 is 1.82 bits per heavy atom. The van der Waals surface area contributed by atoms with Crippen molar-refractivity contribution in [3.05, 3.63) is 48.5 Å². The van der Waals surface area contributed by atoms with E-state index >= 15 is 0 Å². The Balaban J connectivity index is 2.61. The molecule has 0 aliphatic rings. The monoisotopic (exact) mass is 243 g/mol. The van der Waals surface area contributed by atoms with Gasteiger partial charge in [-0.15, -0.1) is 0 Å². The summed E-state index contributed by atoms with van der Waals surface area (Å²) < 4.78 is 21.0. The zero-order valence-corrected chi connectivity index (χ0v) is 9.65. The minimum Gasteiger partial charge on any atom is -0.302 e. The normalized spacial score (nSPS) is 13.0. The van der Waals surface area contributed by atoms with E-state index in [0.717, 1.165) is 21.8 Å². The molecule has 0 saturated heterocycles. The molecule has 3 nitrogen and oxygen atoms in total. The second-order valence-corrected chi connectivity index (χ2v) is 4.63. The number of hydrogen-bond donors (Lipinski definition) is 1. The molecule has 0 bridgehead atoms. The fourth-order valence-corrected chi connectivity index (χ4v) is 2.71. The van der Waals surface area contributed by atoms with Crippen LogP contribution in [0.2, 0.25) is 0 Å². The summed E-state index contributed by atoms with van der Waals surface area (Å²) in [6, 6.07) is 14.7. The van der Waals surface area contributed by atoms with E-state index in [4.69, 9.17) is 0 Å². The van der Waals surface area contributed by atoms with E-state index < -0.39 is 11.1 Å². The predicted molar refractivity (Wildman–Crippen MR) is 68.3 cm³/mol. The lowest BCUT2D eigenvalue weighted by Crippen LogP contribution is -1.94. The van der Waals surface area contributed by atoms with Gasteiger partial charge in [0, 0.05) is 10.8 Å². The van der Waals surface area contributed by atoms with Crippen molar-refractivity contribution in [3.8, 4) is 0 Å². The highest BCUT2D eigenvalue weighted by Gasteiger charge is 2.12. The van der Waals surface area contributed by atoms with Gasteiger partial charge in [0.1, 0.15) is 0 Å². The molecule has 84 valence electrons. The number of para-hydroxylation sites is 2. The first-order valence-electron chi connectivity index (χ1n) is 5.16. The molecular weight excluding hydrogens is 234 g/mol. The molecule has 1 atom stereocenters. The highest BCUT2D eigenvalue weighted by Crippen LogP contribution is 2.27. The molecule has 0 aliphatic heterocycles.